The number of benzene rings is 1. The summed E-state index contributed by atoms with van der Waals surface area (Å²) in [5.41, 5.74) is 1.80. The standard InChI is InChI=1S/C16H14N4O4/c1-9-15-11(5-14(21)20(22)16(15)19-7-18-9)17-6-10-2-3-12-13(4-10)24-8-23-12/h2-5,7,17,22H,6,8H2,1H3. The van der Waals surface area contributed by atoms with Crippen molar-refractivity contribution in [3.05, 3.63) is 52.2 Å². The van der Waals surface area contributed by atoms with Gasteiger partial charge in [-0.1, -0.05) is 6.07 Å². The van der Waals surface area contributed by atoms with Crippen LogP contribution in [0.1, 0.15) is 11.3 Å². The average molecular weight is 326 g/mol. The Hall–Kier alpha value is -3.29. The van der Waals surface area contributed by atoms with Gasteiger partial charge in [-0.3, -0.25) is 4.79 Å². The molecule has 3 aromatic rings. The number of nitrogens with zero attached hydrogens (tertiary/aromatic N) is 3. The molecule has 0 unspecified atom stereocenters. The Morgan fingerprint density at radius 1 is 1.25 bits per heavy atom. The third-order valence-electron chi connectivity index (χ3n) is 3.88. The van der Waals surface area contributed by atoms with Gasteiger partial charge >= 0.3 is 0 Å². The number of nitrogens with one attached hydrogen (secondary N) is 1. The second-order valence-electron chi connectivity index (χ2n) is 5.41. The van der Waals surface area contributed by atoms with E-state index in [0.29, 0.717) is 33.8 Å². The molecule has 0 saturated carbocycles. The number of aromatic nitrogens is 3. The molecule has 0 radical (unpaired) electrons. The molecule has 0 amide bonds. The maximum atomic E-state index is 11.9. The molecular weight excluding hydrogens is 312 g/mol. The Morgan fingerprint density at radius 2 is 2.08 bits per heavy atom. The molecule has 2 N–H and O–H groups in total. The fourth-order valence-corrected chi connectivity index (χ4v) is 2.69. The van der Waals surface area contributed by atoms with Crippen molar-refractivity contribution in [2.45, 2.75) is 13.5 Å². The van der Waals surface area contributed by atoms with E-state index in [2.05, 4.69) is 15.3 Å². The number of fused-ring (bicyclic) bond motifs is 2. The molecular formula is C16H14N4O4. The summed E-state index contributed by atoms with van der Waals surface area (Å²) in [7, 11) is 0. The molecule has 0 bridgehead atoms. The predicted molar refractivity (Wildman–Crippen MR) is 85.6 cm³/mol. The zero-order chi connectivity index (χ0) is 16.7. The molecule has 1 aliphatic heterocycles. The molecule has 1 aliphatic rings. The molecule has 122 valence electrons. The molecule has 2 aromatic heterocycles. The molecule has 3 heterocycles. The molecule has 0 fully saturated rings. The summed E-state index contributed by atoms with van der Waals surface area (Å²) in [6, 6.07) is 6.97. The van der Waals surface area contributed by atoms with Crippen molar-refractivity contribution in [1.82, 2.24) is 14.7 Å². The first-order chi connectivity index (χ1) is 11.6. The minimum atomic E-state index is -0.561. The smallest absolute Gasteiger partial charge is 0.286 e. The number of hydrogen-bond donors (Lipinski definition) is 2. The Kier molecular flexibility index (Phi) is 3.23. The van der Waals surface area contributed by atoms with Crippen LogP contribution in [0, 0.1) is 6.92 Å². The SMILES string of the molecule is Cc1ncnc2c1c(NCc1ccc3c(c1)OCO3)cc(=O)n2O. The van der Waals surface area contributed by atoms with Crippen LogP contribution in [0.4, 0.5) is 5.69 Å². The van der Waals surface area contributed by atoms with E-state index < -0.39 is 5.56 Å². The zero-order valence-electron chi connectivity index (χ0n) is 12.8. The van der Waals surface area contributed by atoms with Crippen molar-refractivity contribution < 1.29 is 14.7 Å². The summed E-state index contributed by atoms with van der Waals surface area (Å²) in [5.74, 6) is 1.42. The predicted octanol–water partition coefficient (Wildman–Crippen LogP) is 1.68. The highest BCUT2D eigenvalue weighted by molar-refractivity contribution is 5.90. The first-order valence-corrected chi connectivity index (χ1v) is 7.32. The van der Waals surface area contributed by atoms with E-state index in [4.69, 9.17) is 9.47 Å². The largest absolute Gasteiger partial charge is 0.454 e. The lowest BCUT2D eigenvalue weighted by Gasteiger charge is -2.12. The van der Waals surface area contributed by atoms with E-state index in [-0.39, 0.29) is 12.4 Å². The summed E-state index contributed by atoms with van der Waals surface area (Å²) in [5, 5.41) is 13.7. The van der Waals surface area contributed by atoms with Crippen LogP contribution in [-0.2, 0) is 6.54 Å². The molecule has 0 aliphatic carbocycles. The molecule has 0 spiro atoms. The molecule has 0 saturated heterocycles. The van der Waals surface area contributed by atoms with Crippen LogP contribution in [0.2, 0.25) is 0 Å². The first kappa shape index (κ1) is 14.3. The Labute approximate surface area is 136 Å². The third-order valence-corrected chi connectivity index (χ3v) is 3.88. The van der Waals surface area contributed by atoms with Gasteiger partial charge in [0.2, 0.25) is 6.79 Å². The fourth-order valence-electron chi connectivity index (χ4n) is 2.69. The maximum Gasteiger partial charge on any atom is 0.286 e. The number of anilines is 1. The summed E-state index contributed by atoms with van der Waals surface area (Å²) in [6.07, 6.45) is 1.31. The lowest BCUT2D eigenvalue weighted by molar-refractivity contribution is 0.174. The number of ether oxygens (including phenoxy) is 2. The molecule has 8 nitrogen and oxygen atoms in total. The number of aryl methyl sites for hydroxylation is 1. The maximum absolute atomic E-state index is 11.9. The average Bonchev–Trinajstić information content (AvgIpc) is 3.04. The summed E-state index contributed by atoms with van der Waals surface area (Å²) in [4.78, 5) is 20.0. The van der Waals surface area contributed by atoms with E-state index in [0.717, 1.165) is 11.3 Å². The van der Waals surface area contributed by atoms with Crippen LogP contribution in [-0.4, -0.2) is 26.7 Å². The van der Waals surface area contributed by atoms with Gasteiger partial charge in [0.15, 0.2) is 17.1 Å². The minimum Gasteiger partial charge on any atom is -0.454 e. The van der Waals surface area contributed by atoms with Gasteiger partial charge in [-0.2, -0.15) is 0 Å². The molecule has 1 aromatic carbocycles. The minimum absolute atomic E-state index is 0.170. The van der Waals surface area contributed by atoms with Crippen LogP contribution in [0.3, 0.4) is 0 Å². The van der Waals surface area contributed by atoms with Gasteiger partial charge in [0.25, 0.3) is 5.56 Å². The number of pyridine rings is 1. The highest BCUT2D eigenvalue weighted by atomic mass is 16.7. The van der Waals surface area contributed by atoms with Gasteiger partial charge < -0.3 is 20.0 Å². The number of hydrogen-bond acceptors (Lipinski definition) is 7. The summed E-state index contributed by atoms with van der Waals surface area (Å²) >= 11 is 0. The third kappa shape index (κ3) is 2.28. The highest BCUT2D eigenvalue weighted by Gasteiger charge is 2.15. The number of rotatable bonds is 3. The van der Waals surface area contributed by atoms with Crippen molar-refractivity contribution in [2.75, 3.05) is 12.1 Å². The lowest BCUT2D eigenvalue weighted by Crippen LogP contribution is -2.20. The van der Waals surface area contributed by atoms with Crippen LogP contribution in [0.5, 0.6) is 11.5 Å². The monoisotopic (exact) mass is 326 g/mol. The Bertz CT molecular complexity index is 999. The molecule has 24 heavy (non-hydrogen) atoms. The normalized spacial score (nSPS) is 12.5. The van der Waals surface area contributed by atoms with Crippen LogP contribution in [0.15, 0.2) is 35.4 Å². The van der Waals surface area contributed by atoms with Crippen LogP contribution < -0.4 is 20.3 Å². The van der Waals surface area contributed by atoms with Crippen molar-refractivity contribution in [3.8, 4) is 11.5 Å². The Balaban J connectivity index is 1.70. The van der Waals surface area contributed by atoms with Gasteiger partial charge in [-0.05, 0) is 24.6 Å². The molecule has 4 rings (SSSR count). The van der Waals surface area contributed by atoms with Crippen LogP contribution >= 0.6 is 0 Å². The quantitative estimate of drug-likeness (QED) is 0.706. The van der Waals surface area contributed by atoms with Crippen molar-refractivity contribution in [1.29, 1.82) is 0 Å². The van der Waals surface area contributed by atoms with E-state index >= 15 is 0 Å². The second kappa shape index (κ2) is 5.41. The van der Waals surface area contributed by atoms with Crippen molar-refractivity contribution in [2.24, 2.45) is 0 Å². The van der Waals surface area contributed by atoms with Gasteiger partial charge in [0, 0.05) is 12.6 Å². The highest BCUT2D eigenvalue weighted by Crippen LogP contribution is 2.32. The van der Waals surface area contributed by atoms with Gasteiger partial charge in [-0.15, -0.1) is 4.73 Å². The van der Waals surface area contributed by atoms with E-state index in [1.807, 2.05) is 18.2 Å². The van der Waals surface area contributed by atoms with E-state index in [1.54, 1.807) is 6.92 Å². The fraction of sp³-hybridized carbons (Fsp3) is 0.188. The van der Waals surface area contributed by atoms with E-state index in [1.165, 1.54) is 12.4 Å². The lowest BCUT2D eigenvalue weighted by atomic mass is 10.1. The first-order valence-electron chi connectivity index (χ1n) is 7.32. The van der Waals surface area contributed by atoms with Gasteiger partial charge in [0.1, 0.15) is 6.33 Å². The summed E-state index contributed by atoms with van der Waals surface area (Å²) < 4.78 is 11.2. The second-order valence-corrected chi connectivity index (χ2v) is 5.41. The van der Waals surface area contributed by atoms with Crippen molar-refractivity contribution >= 4 is 16.7 Å². The van der Waals surface area contributed by atoms with Gasteiger partial charge in [-0.25, -0.2) is 9.97 Å². The van der Waals surface area contributed by atoms with Crippen molar-refractivity contribution in [3.63, 3.8) is 0 Å². The summed E-state index contributed by atoms with van der Waals surface area (Å²) in [6.45, 7) is 2.48. The zero-order valence-corrected chi connectivity index (χ0v) is 12.8. The Morgan fingerprint density at radius 3 is 2.96 bits per heavy atom. The topological polar surface area (TPSA) is 98.5 Å². The molecule has 8 heteroatoms. The van der Waals surface area contributed by atoms with Gasteiger partial charge in [0.05, 0.1) is 16.8 Å². The van der Waals surface area contributed by atoms with Crippen LogP contribution in [0.25, 0.3) is 11.0 Å². The van der Waals surface area contributed by atoms with E-state index in [9.17, 15) is 10.0 Å². The molecule has 0 atom stereocenters.